The number of aromatic nitrogens is 1. The number of hydrogen-bond acceptors (Lipinski definition) is 2. The number of hydrogen-bond donors (Lipinski definition) is 0. The van der Waals surface area contributed by atoms with Gasteiger partial charge in [0.15, 0.2) is 7.14 Å². The van der Waals surface area contributed by atoms with Gasteiger partial charge in [0.25, 0.3) is 6.43 Å². The number of nitrogens with zero attached hydrogens (tertiary/aromatic N) is 1. The Morgan fingerprint density at radius 3 is 1.81 bits per heavy atom. The van der Waals surface area contributed by atoms with E-state index in [1.165, 1.54) is 0 Å². The maximum atomic E-state index is 14.4. The fraction of sp³-hybridized carbons (Fsp3) is 0.0870. The van der Waals surface area contributed by atoms with E-state index in [2.05, 4.69) is 4.98 Å². The Bertz CT molecular complexity index is 1230. The fourth-order valence-electron chi connectivity index (χ4n) is 3.44. The van der Waals surface area contributed by atoms with Crippen LogP contribution >= 0.6 is 7.14 Å². The van der Waals surface area contributed by atoms with E-state index in [0.717, 1.165) is 18.2 Å². The molecule has 1 heterocycles. The smallest absolute Gasteiger partial charge is 0.307 e. The van der Waals surface area contributed by atoms with Crippen molar-refractivity contribution in [1.82, 2.24) is 4.98 Å². The van der Waals surface area contributed by atoms with Crippen molar-refractivity contribution in [3.63, 3.8) is 0 Å². The summed E-state index contributed by atoms with van der Waals surface area (Å²) in [7, 11) is -3.66. The molecule has 4 aromatic rings. The molecule has 0 unspecified atom stereocenters. The van der Waals surface area contributed by atoms with Crippen molar-refractivity contribution in [3.05, 3.63) is 96.1 Å². The second kappa shape index (κ2) is 7.89. The minimum Gasteiger partial charge on any atom is -0.307 e. The highest BCUT2D eigenvalue weighted by molar-refractivity contribution is 7.85. The third-order valence-electron chi connectivity index (χ3n) is 4.95. The summed E-state index contributed by atoms with van der Waals surface area (Å²) in [4.78, 5) is 4.30. The Morgan fingerprint density at radius 1 is 0.774 bits per heavy atom. The standard InChI is InChI=1S/C23H15F5NOP/c24-22(25)19-14-21(29-20-12-11-15(13-18(19)20)23(26,27)28)31(30,16-7-3-1-4-8-16)17-9-5-2-6-10-17/h1-14,22H. The summed E-state index contributed by atoms with van der Waals surface area (Å²) in [5.41, 5.74) is -1.87. The van der Waals surface area contributed by atoms with Gasteiger partial charge in [-0.1, -0.05) is 60.7 Å². The van der Waals surface area contributed by atoms with Gasteiger partial charge in [0.1, 0.15) is 5.44 Å². The molecule has 31 heavy (non-hydrogen) atoms. The minimum atomic E-state index is -4.68. The maximum Gasteiger partial charge on any atom is 0.416 e. The quantitative estimate of drug-likeness (QED) is 0.291. The molecule has 158 valence electrons. The van der Waals surface area contributed by atoms with E-state index in [1.54, 1.807) is 60.7 Å². The largest absolute Gasteiger partial charge is 0.416 e. The van der Waals surface area contributed by atoms with Crippen LogP contribution in [0.15, 0.2) is 84.9 Å². The SMILES string of the molecule is O=P(c1ccccc1)(c1ccccc1)c1cc(C(F)F)c2cc(C(F)(F)F)ccc2n1. The number of halogens is 5. The monoisotopic (exact) mass is 447 g/mol. The maximum absolute atomic E-state index is 14.4. The highest BCUT2D eigenvalue weighted by Gasteiger charge is 2.34. The number of alkyl halides is 5. The van der Waals surface area contributed by atoms with E-state index < -0.39 is 30.9 Å². The van der Waals surface area contributed by atoms with Crippen LogP contribution in [0.5, 0.6) is 0 Å². The van der Waals surface area contributed by atoms with E-state index in [9.17, 15) is 26.5 Å². The summed E-state index contributed by atoms with van der Waals surface area (Å²) in [6.07, 6.45) is -7.76. The highest BCUT2D eigenvalue weighted by Crippen LogP contribution is 2.43. The van der Waals surface area contributed by atoms with Gasteiger partial charge < -0.3 is 4.57 Å². The topological polar surface area (TPSA) is 30.0 Å². The van der Waals surface area contributed by atoms with Gasteiger partial charge in [-0.25, -0.2) is 13.8 Å². The highest BCUT2D eigenvalue weighted by atomic mass is 31.2. The molecule has 0 N–H and O–H groups in total. The number of rotatable bonds is 4. The summed E-state index contributed by atoms with van der Waals surface area (Å²) in [6, 6.07) is 20.1. The Balaban J connectivity index is 2.04. The second-order valence-corrected chi connectivity index (χ2v) is 9.59. The molecule has 0 aliphatic heterocycles. The molecule has 0 aliphatic carbocycles. The van der Waals surface area contributed by atoms with Gasteiger partial charge >= 0.3 is 6.18 Å². The van der Waals surface area contributed by atoms with Crippen LogP contribution in [-0.2, 0) is 10.7 Å². The molecule has 0 bridgehead atoms. The van der Waals surface area contributed by atoms with Gasteiger partial charge in [-0.2, -0.15) is 13.2 Å². The first kappa shape index (κ1) is 21.2. The van der Waals surface area contributed by atoms with Gasteiger partial charge in [0.2, 0.25) is 0 Å². The number of fused-ring (bicyclic) bond motifs is 1. The van der Waals surface area contributed by atoms with Gasteiger partial charge in [0, 0.05) is 21.6 Å². The molecule has 0 aliphatic rings. The molecular weight excluding hydrogens is 432 g/mol. The van der Waals surface area contributed by atoms with Gasteiger partial charge in [0.05, 0.1) is 11.1 Å². The minimum absolute atomic E-state index is 0.0760. The van der Waals surface area contributed by atoms with Crippen molar-refractivity contribution in [3.8, 4) is 0 Å². The first-order valence-electron chi connectivity index (χ1n) is 9.23. The van der Waals surface area contributed by atoms with Crippen molar-refractivity contribution in [1.29, 1.82) is 0 Å². The summed E-state index contributed by atoms with van der Waals surface area (Å²) >= 11 is 0. The molecule has 0 spiro atoms. The van der Waals surface area contributed by atoms with E-state index in [-0.39, 0.29) is 16.3 Å². The molecule has 0 fully saturated rings. The first-order chi connectivity index (χ1) is 14.7. The zero-order valence-corrected chi connectivity index (χ0v) is 16.7. The van der Waals surface area contributed by atoms with Gasteiger partial charge in [-0.15, -0.1) is 0 Å². The van der Waals surface area contributed by atoms with Crippen LogP contribution in [0.25, 0.3) is 10.9 Å². The molecule has 8 heteroatoms. The van der Waals surface area contributed by atoms with Crippen molar-refractivity contribution < 1.29 is 26.5 Å². The fourth-order valence-corrected chi connectivity index (χ4v) is 6.03. The molecule has 0 atom stereocenters. The second-order valence-electron chi connectivity index (χ2n) is 6.88. The Labute approximate surface area is 174 Å². The van der Waals surface area contributed by atoms with Crippen molar-refractivity contribution in [2.45, 2.75) is 12.6 Å². The first-order valence-corrected chi connectivity index (χ1v) is 10.9. The lowest BCUT2D eigenvalue weighted by Gasteiger charge is -2.21. The van der Waals surface area contributed by atoms with Crippen LogP contribution < -0.4 is 16.0 Å². The molecule has 0 saturated carbocycles. The molecule has 0 radical (unpaired) electrons. The number of pyridine rings is 1. The lowest BCUT2D eigenvalue weighted by Crippen LogP contribution is -2.27. The van der Waals surface area contributed by atoms with E-state index in [0.29, 0.717) is 16.7 Å². The van der Waals surface area contributed by atoms with Gasteiger partial charge in [-0.3, -0.25) is 0 Å². The van der Waals surface area contributed by atoms with E-state index >= 15 is 0 Å². The molecule has 3 aromatic carbocycles. The summed E-state index contributed by atoms with van der Waals surface area (Å²) in [5, 5.41) is 0.460. The third kappa shape index (κ3) is 3.86. The van der Waals surface area contributed by atoms with Crippen LogP contribution in [0.1, 0.15) is 17.6 Å². The number of benzene rings is 3. The average Bonchev–Trinajstić information content (AvgIpc) is 2.77. The van der Waals surface area contributed by atoms with Crippen LogP contribution in [-0.4, -0.2) is 4.98 Å². The van der Waals surface area contributed by atoms with Crippen molar-refractivity contribution >= 4 is 34.1 Å². The molecule has 2 nitrogen and oxygen atoms in total. The zero-order chi connectivity index (χ0) is 22.2. The Hall–Kier alpha value is -3.05. The molecular formula is C23H15F5NOP. The normalized spacial score (nSPS) is 12.5. The van der Waals surface area contributed by atoms with Crippen molar-refractivity contribution in [2.24, 2.45) is 0 Å². The third-order valence-corrected chi connectivity index (χ3v) is 7.88. The molecule has 4 rings (SSSR count). The summed E-state index contributed by atoms with van der Waals surface area (Å²) in [6.45, 7) is 0. The lowest BCUT2D eigenvalue weighted by atomic mass is 10.1. The predicted octanol–water partition coefficient (Wildman–Crippen LogP) is 5.83. The Morgan fingerprint density at radius 2 is 1.32 bits per heavy atom. The molecule has 1 aromatic heterocycles. The predicted molar refractivity (Wildman–Crippen MR) is 111 cm³/mol. The molecule has 0 amide bonds. The van der Waals surface area contributed by atoms with Crippen LogP contribution in [0, 0.1) is 0 Å². The summed E-state index contributed by atoms with van der Waals surface area (Å²) in [5.74, 6) is 0. The molecule has 0 saturated heterocycles. The lowest BCUT2D eigenvalue weighted by molar-refractivity contribution is -0.137. The van der Waals surface area contributed by atoms with Gasteiger partial charge in [-0.05, 0) is 24.3 Å². The Kier molecular flexibility index (Phi) is 5.40. The average molecular weight is 447 g/mol. The van der Waals surface area contributed by atoms with Crippen molar-refractivity contribution in [2.75, 3.05) is 0 Å². The van der Waals surface area contributed by atoms with E-state index in [1.807, 2.05) is 0 Å². The van der Waals surface area contributed by atoms with E-state index in [4.69, 9.17) is 0 Å². The van der Waals surface area contributed by atoms with Crippen LogP contribution in [0.3, 0.4) is 0 Å². The van der Waals surface area contributed by atoms with Crippen LogP contribution in [0.2, 0.25) is 0 Å². The summed E-state index contributed by atoms with van der Waals surface area (Å²) < 4.78 is 81.5. The van der Waals surface area contributed by atoms with Crippen LogP contribution in [0.4, 0.5) is 22.0 Å². The zero-order valence-electron chi connectivity index (χ0n) is 15.9.